The number of pyridine rings is 1. The van der Waals surface area contributed by atoms with Crippen LogP contribution in [0, 0.1) is 17.5 Å². The van der Waals surface area contributed by atoms with Gasteiger partial charge in [-0.15, -0.1) is 11.3 Å². The van der Waals surface area contributed by atoms with E-state index in [2.05, 4.69) is 46.2 Å². The summed E-state index contributed by atoms with van der Waals surface area (Å²) in [5.74, 6) is 0.955. The highest BCUT2D eigenvalue weighted by Crippen LogP contribution is 2.42. The number of ether oxygens (including phenoxy) is 1. The molecule has 7 heteroatoms. The van der Waals surface area contributed by atoms with Crippen LogP contribution in [-0.4, -0.2) is 55.1 Å². The summed E-state index contributed by atoms with van der Waals surface area (Å²) in [6.45, 7) is 11.5. The van der Waals surface area contributed by atoms with Crippen molar-refractivity contribution in [2.24, 2.45) is 10.4 Å². The number of nitrogens with one attached hydrogen (secondary N) is 1. The molecule has 4 rings (SSSR count). The molecule has 5 nitrogen and oxygen atoms in total. The van der Waals surface area contributed by atoms with E-state index in [9.17, 15) is 4.39 Å². The Bertz CT molecular complexity index is 911. The average Bonchev–Trinajstić information content (AvgIpc) is 3.49. The van der Waals surface area contributed by atoms with Crippen molar-refractivity contribution in [1.82, 2.24) is 15.2 Å². The van der Waals surface area contributed by atoms with Crippen LogP contribution in [0.2, 0.25) is 0 Å². The van der Waals surface area contributed by atoms with Crippen molar-refractivity contribution in [2.45, 2.75) is 45.6 Å². The molecule has 0 amide bonds. The number of aryl methyl sites for hydroxylation is 2. The normalized spacial score (nSPS) is 22.0. The van der Waals surface area contributed by atoms with Crippen molar-refractivity contribution in [3.05, 3.63) is 51.7 Å². The first-order valence-electron chi connectivity index (χ1n) is 11.1. The van der Waals surface area contributed by atoms with Crippen LogP contribution < -0.4 is 5.32 Å². The van der Waals surface area contributed by atoms with Crippen LogP contribution in [0.3, 0.4) is 0 Å². The lowest BCUT2D eigenvalue weighted by Crippen LogP contribution is -2.42. The first-order chi connectivity index (χ1) is 14.9. The largest absolute Gasteiger partial charge is 0.373 e. The highest BCUT2D eigenvalue weighted by atomic mass is 32.1. The summed E-state index contributed by atoms with van der Waals surface area (Å²) in [7, 11) is 0. The third-order valence-corrected chi connectivity index (χ3v) is 7.70. The first-order valence-corrected chi connectivity index (χ1v) is 12.0. The van der Waals surface area contributed by atoms with Gasteiger partial charge in [-0.1, -0.05) is 6.07 Å². The minimum Gasteiger partial charge on any atom is -0.373 e. The summed E-state index contributed by atoms with van der Waals surface area (Å²) in [5.41, 5.74) is 2.22. The highest BCUT2D eigenvalue weighted by molar-refractivity contribution is 7.10. The molecular formula is C24H33FN4OS. The number of likely N-dealkylation sites (tertiary alicyclic amines) is 1. The Balaban J connectivity index is 1.46. The van der Waals surface area contributed by atoms with Crippen LogP contribution in [0.5, 0.6) is 0 Å². The average molecular weight is 445 g/mol. The molecular weight excluding hydrogens is 411 g/mol. The van der Waals surface area contributed by atoms with Crippen molar-refractivity contribution >= 4 is 17.2 Å². The van der Waals surface area contributed by atoms with E-state index in [-0.39, 0.29) is 16.1 Å². The van der Waals surface area contributed by atoms with Crippen LogP contribution in [0.15, 0.2) is 35.5 Å². The highest BCUT2D eigenvalue weighted by Gasteiger charge is 2.43. The molecule has 1 atom stereocenters. The van der Waals surface area contributed by atoms with Crippen molar-refractivity contribution in [3.8, 4) is 0 Å². The van der Waals surface area contributed by atoms with Crippen molar-refractivity contribution in [3.63, 3.8) is 0 Å². The Morgan fingerprint density at radius 1 is 1.29 bits per heavy atom. The maximum Gasteiger partial charge on any atom is 0.176 e. The van der Waals surface area contributed by atoms with Crippen LogP contribution in [0.4, 0.5) is 4.39 Å². The van der Waals surface area contributed by atoms with Gasteiger partial charge in [-0.3, -0.25) is 14.9 Å². The second-order valence-electron chi connectivity index (χ2n) is 9.37. The molecule has 0 spiro atoms. The van der Waals surface area contributed by atoms with Crippen molar-refractivity contribution < 1.29 is 9.13 Å². The summed E-state index contributed by atoms with van der Waals surface area (Å²) in [6, 6.07) is 7.77. The van der Waals surface area contributed by atoms with Gasteiger partial charge in [0.1, 0.15) is 12.4 Å². The molecule has 0 radical (unpaired) electrons. The van der Waals surface area contributed by atoms with Gasteiger partial charge in [0, 0.05) is 40.8 Å². The van der Waals surface area contributed by atoms with E-state index in [0.717, 1.165) is 61.8 Å². The van der Waals surface area contributed by atoms with E-state index in [0.29, 0.717) is 13.2 Å². The van der Waals surface area contributed by atoms with E-state index >= 15 is 0 Å². The third kappa shape index (κ3) is 5.33. The fraction of sp³-hybridized carbons (Fsp3) is 0.583. The number of aromatic nitrogens is 1. The fourth-order valence-electron chi connectivity index (χ4n) is 4.60. The maximum absolute atomic E-state index is 13.5. The molecule has 4 heterocycles. The summed E-state index contributed by atoms with van der Waals surface area (Å²) in [4.78, 5) is 12.6. The quantitative estimate of drug-likeness (QED) is 0.631. The van der Waals surface area contributed by atoms with Gasteiger partial charge < -0.3 is 10.1 Å². The topological polar surface area (TPSA) is 49.8 Å². The summed E-state index contributed by atoms with van der Waals surface area (Å²) < 4.78 is 19.7. The Morgan fingerprint density at radius 3 is 2.84 bits per heavy atom. The van der Waals surface area contributed by atoms with E-state index in [1.807, 2.05) is 19.2 Å². The van der Waals surface area contributed by atoms with Gasteiger partial charge in [0.25, 0.3) is 0 Å². The molecule has 2 aliphatic rings. The van der Waals surface area contributed by atoms with Gasteiger partial charge in [0.05, 0.1) is 13.2 Å². The van der Waals surface area contributed by atoms with E-state index in [1.165, 1.54) is 16.9 Å². The standard InChI is InChI=1S/C24H33FN4OS/c1-18-4-5-19(14-28-18)23(2,3)29-13-10-24(16-29,9-8-20-6-7-21(25)31-20)17-30-15-22-26-11-12-27-22/h4-7,14H,8-13,15-17H2,1-3H3,(H,26,27)/t24-/m1/s1. The molecule has 168 valence electrons. The Kier molecular flexibility index (Phi) is 6.74. The lowest BCUT2D eigenvalue weighted by atomic mass is 9.82. The van der Waals surface area contributed by atoms with E-state index < -0.39 is 0 Å². The second-order valence-corrected chi connectivity index (χ2v) is 10.5. The van der Waals surface area contributed by atoms with Gasteiger partial charge in [-0.25, -0.2) is 0 Å². The van der Waals surface area contributed by atoms with Crippen LogP contribution in [-0.2, 0) is 16.7 Å². The van der Waals surface area contributed by atoms with Crippen molar-refractivity contribution in [1.29, 1.82) is 0 Å². The molecule has 0 unspecified atom stereocenters. The molecule has 1 fully saturated rings. The van der Waals surface area contributed by atoms with Gasteiger partial charge in [0.15, 0.2) is 5.13 Å². The van der Waals surface area contributed by atoms with Crippen LogP contribution in [0.1, 0.15) is 42.8 Å². The minimum atomic E-state index is -0.105. The number of aliphatic imine (C=N–C) groups is 1. The van der Waals surface area contributed by atoms with E-state index in [4.69, 9.17) is 4.74 Å². The molecule has 2 aliphatic heterocycles. The second kappa shape index (κ2) is 9.35. The van der Waals surface area contributed by atoms with Crippen LogP contribution in [0.25, 0.3) is 0 Å². The summed E-state index contributed by atoms with van der Waals surface area (Å²) in [6.07, 6.45) is 4.96. The van der Waals surface area contributed by atoms with Crippen LogP contribution >= 0.6 is 11.3 Å². The molecule has 31 heavy (non-hydrogen) atoms. The molecule has 2 aromatic heterocycles. The van der Waals surface area contributed by atoms with E-state index in [1.54, 1.807) is 6.07 Å². The fourth-order valence-corrected chi connectivity index (χ4v) is 5.33. The monoisotopic (exact) mass is 444 g/mol. The molecule has 0 aliphatic carbocycles. The summed E-state index contributed by atoms with van der Waals surface area (Å²) >= 11 is 1.26. The van der Waals surface area contributed by atoms with Gasteiger partial charge in [-0.2, -0.15) is 4.39 Å². The lowest BCUT2D eigenvalue weighted by molar-refractivity contribution is 0.0488. The first kappa shape index (κ1) is 22.4. The molecule has 0 aromatic carbocycles. The molecule has 0 bridgehead atoms. The SMILES string of the molecule is Cc1ccc(C(C)(C)N2CC[C@@](CCc3ccc(F)s3)(COCC3=NCCN3)C2)cn1. The number of thiophene rings is 1. The zero-order valence-corrected chi connectivity index (χ0v) is 19.6. The number of nitrogens with zero attached hydrogens (tertiary/aromatic N) is 3. The summed E-state index contributed by atoms with van der Waals surface area (Å²) in [5, 5.41) is 3.18. The maximum atomic E-state index is 13.5. The number of halogens is 1. The Hall–Kier alpha value is -1.83. The van der Waals surface area contributed by atoms with Gasteiger partial charge >= 0.3 is 0 Å². The Labute approximate surface area is 188 Å². The number of rotatable bonds is 9. The van der Waals surface area contributed by atoms with Gasteiger partial charge in [0.2, 0.25) is 0 Å². The Morgan fingerprint density at radius 2 is 2.16 bits per heavy atom. The number of hydrogen-bond acceptors (Lipinski definition) is 6. The molecule has 0 saturated carbocycles. The molecule has 2 aromatic rings. The smallest absolute Gasteiger partial charge is 0.176 e. The predicted molar refractivity (Wildman–Crippen MR) is 124 cm³/mol. The number of amidine groups is 1. The number of hydrogen-bond donors (Lipinski definition) is 1. The molecule has 1 saturated heterocycles. The lowest BCUT2D eigenvalue weighted by Gasteiger charge is -2.38. The zero-order valence-electron chi connectivity index (χ0n) is 18.8. The predicted octanol–water partition coefficient (Wildman–Crippen LogP) is 4.17. The van der Waals surface area contributed by atoms with Crippen molar-refractivity contribution in [2.75, 3.05) is 39.4 Å². The minimum absolute atomic E-state index is 0.0506. The third-order valence-electron chi connectivity index (χ3n) is 6.77. The zero-order chi connectivity index (χ0) is 21.9. The van der Waals surface area contributed by atoms with Gasteiger partial charge in [-0.05, 0) is 70.3 Å². The molecule has 1 N–H and O–H groups in total.